The maximum absolute atomic E-state index is 12.2. The van der Waals surface area contributed by atoms with Gasteiger partial charge >= 0.3 is 12.1 Å². The van der Waals surface area contributed by atoms with Gasteiger partial charge in [-0.15, -0.1) is 0 Å². The Labute approximate surface area is 147 Å². The molecule has 0 radical (unpaired) electrons. The van der Waals surface area contributed by atoms with Crippen molar-refractivity contribution in [2.75, 3.05) is 44.3 Å². The highest BCUT2D eigenvalue weighted by Crippen LogP contribution is 2.16. The highest BCUT2D eigenvalue weighted by atomic mass is 19.4. The van der Waals surface area contributed by atoms with Crippen LogP contribution in [-0.4, -0.2) is 66.4 Å². The van der Waals surface area contributed by atoms with Gasteiger partial charge in [0.25, 0.3) is 5.56 Å². The van der Waals surface area contributed by atoms with Gasteiger partial charge in [-0.2, -0.15) is 18.3 Å². The lowest BCUT2D eigenvalue weighted by molar-refractivity contribution is -0.192. The molecular weight excluding hydrogens is 357 g/mol. The lowest BCUT2D eigenvalue weighted by Gasteiger charge is -2.29. The quantitative estimate of drug-likeness (QED) is 0.779. The van der Waals surface area contributed by atoms with Gasteiger partial charge in [-0.05, 0) is 19.4 Å². The van der Waals surface area contributed by atoms with Crippen molar-refractivity contribution in [2.45, 2.75) is 25.1 Å². The first-order valence-electron chi connectivity index (χ1n) is 8.21. The van der Waals surface area contributed by atoms with Crippen LogP contribution >= 0.6 is 0 Å². The van der Waals surface area contributed by atoms with E-state index in [2.05, 4.69) is 15.3 Å². The molecule has 1 atom stereocenters. The number of hydrogen-bond donors (Lipinski definition) is 2. The Morgan fingerprint density at radius 1 is 1.35 bits per heavy atom. The first kappa shape index (κ1) is 20.2. The van der Waals surface area contributed by atoms with E-state index in [1.807, 2.05) is 0 Å². The van der Waals surface area contributed by atoms with Crippen LogP contribution in [0.5, 0.6) is 0 Å². The number of ether oxygens (including phenoxy) is 1. The fourth-order valence-corrected chi connectivity index (χ4v) is 2.72. The van der Waals surface area contributed by atoms with Crippen LogP contribution in [0, 0.1) is 0 Å². The van der Waals surface area contributed by atoms with Crippen molar-refractivity contribution in [1.29, 1.82) is 0 Å². The van der Waals surface area contributed by atoms with Crippen LogP contribution in [0.15, 0.2) is 17.1 Å². The molecule has 2 saturated heterocycles. The maximum Gasteiger partial charge on any atom is 0.490 e. The first-order chi connectivity index (χ1) is 12.3. The summed E-state index contributed by atoms with van der Waals surface area (Å²) in [5, 5.41) is 14.8. The normalized spacial score (nSPS) is 20.9. The van der Waals surface area contributed by atoms with E-state index in [9.17, 15) is 18.0 Å². The molecule has 3 rings (SSSR count). The Morgan fingerprint density at radius 2 is 2.00 bits per heavy atom. The number of nitrogens with one attached hydrogen (secondary N) is 1. The SMILES string of the molecule is O=C(O)C(F)(F)F.O=c1cc(N2CCOCC2)cnn1C1CCCNC1. The van der Waals surface area contributed by atoms with Crippen molar-refractivity contribution < 1.29 is 27.8 Å². The van der Waals surface area contributed by atoms with Gasteiger partial charge in [0, 0.05) is 25.7 Å². The maximum atomic E-state index is 12.2. The molecule has 0 saturated carbocycles. The average molecular weight is 378 g/mol. The molecule has 2 aliphatic rings. The number of rotatable bonds is 2. The first-order valence-corrected chi connectivity index (χ1v) is 8.21. The van der Waals surface area contributed by atoms with Crippen LogP contribution in [0.25, 0.3) is 0 Å². The molecule has 1 aromatic heterocycles. The van der Waals surface area contributed by atoms with Crippen molar-refractivity contribution in [3.63, 3.8) is 0 Å². The molecule has 1 unspecified atom stereocenters. The third-order valence-corrected chi connectivity index (χ3v) is 4.05. The number of carboxylic acid groups (broad SMARTS) is 1. The van der Waals surface area contributed by atoms with Crippen molar-refractivity contribution in [3.8, 4) is 0 Å². The predicted molar refractivity (Wildman–Crippen MR) is 86.4 cm³/mol. The van der Waals surface area contributed by atoms with E-state index in [-0.39, 0.29) is 11.6 Å². The largest absolute Gasteiger partial charge is 0.490 e. The van der Waals surface area contributed by atoms with Gasteiger partial charge in [0.05, 0.1) is 31.1 Å². The summed E-state index contributed by atoms with van der Waals surface area (Å²) in [5.74, 6) is -2.76. The number of anilines is 1. The minimum atomic E-state index is -5.08. The van der Waals surface area contributed by atoms with E-state index in [0.29, 0.717) is 0 Å². The number of aromatic nitrogens is 2. The molecule has 146 valence electrons. The summed E-state index contributed by atoms with van der Waals surface area (Å²) in [6.45, 7) is 4.97. The molecule has 2 aliphatic heterocycles. The van der Waals surface area contributed by atoms with Crippen LogP contribution in [0.3, 0.4) is 0 Å². The van der Waals surface area contributed by atoms with Gasteiger partial charge in [-0.1, -0.05) is 0 Å². The number of piperidine rings is 1. The molecule has 0 aliphatic carbocycles. The van der Waals surface area contributed by atoms with Gasteiger partial charge in [-0.25, -0.2) is 9.48 Å². The Bertz CT molecular complexity index is 653. The average Bonchev–Trinajstić information content (AvgIpc) is 2.63. The summed E-state index contributed by atoms with van der Waals surface area (Å²) in [7, 11) is 0. The Balaban J connectivity index is 0.000000298. The number of alkyl halides is 3. The topological polar surface area (TPSA) is 96.7 Å². The third-order valence-electron chi connectivity index (χ3n) is 4.05. The van der Waals surface area contributed by atoms with E-state index in [1.54, 1.807) is 16.9 Å². The molecule has 26 heavy (non-hydrogen) atoms. The van der Waals surface area contributed by atoms with Gasteiger partial charge < -0.3 is 20.1 Å². The second-order valence-electron chi connectivity index (χ2n) is 5.90. The number of aliphatic carboxylic acids is 1. The van der Waals surface area contributed by atoms with E-state index in [4.69, 9.17) is 14.6 Å². The van der Waals surface area contributed by atoms with Crippen LogP contribution in [0.1, 0.15) is 18.9 Å². The summed E-state index contributed by atoms with van der Waals surface area (Å²) in [4.78, 5) is 23.2. The van der Waals surface area contributed by atoms with Gasteiger partial charge in [-0.3, -0.25) is 4.79 Å². The molecule has 2 fully saturated rings. The number of nitrogens with zero attached hydrogens (tertiary/aromatic N) is 3. The Hall–Kier alpha value is -2.14. The molecule has 0 spiro atoms. The molecule has 0 amide bonds. The van der Waals surface area contributed by atoms with Gasteiger partial charge in [0.15, 0.2) is 0 Å². The zero-order valence-corrected chi connectivity index (χ0v) is 14.0. The van der Waals surface area contributed by atoms with E-state index in [1.165, 1.54) is 0 Å². The zero-order chi connectivity index (χ0) is 19.2. The summed E-state index contributed by atoms with van der Waals surface area (Å²) < 4.78 is 38.7. The van der Waals surface area contributed by atoms with Crippen molar-refractivity contribution in [1.82, 2.24) is 15.1 Å². The number of halogens is 3. The number of morpholine rings is 1. The molecule has 3 heterocycles. The van der Waals surface area contributed by atoms with Gasteiger partial charge in [0.1, 0.15) is 0 Å². The number of hydrogen-bond acceptors (Lipinski definition) is 6. The Kier molecular flexibility index (Phi) is 6.98. The molecule has 11 heteroatoms. The second kappa shape index (κ2) is 8.99. The molecule has 1 aromatic rings. The summed E-state index contributed by atoms with van der Waals surface area (Å²) in [5.41, 5.74) is 0.908. The molecule has 8 nitrogen and oxygen atoms in total. The predicted octanol–water partition coefficient (Wildman–Crippen LogP) is 0.638. The lowest BCUT2D eigenvalue weighted by Crippen LogP contribution is -2.40. The van der Waals surface area contributed by atoms with Crippen molar-refractivity contribution >= 4 is 11.7 Å². The summed E-state index contributed by atoms with van der Waals surface area (Å²) >= 11 is 0. The fraction of sp³-hybridized carbons (Fsp3) is 0.667. The molecule has 0 aromatic carbocycles. The fourth-order valence-electron chi connectivity index (χ4n) is 2.72. The standard InChI is InChI=1S/C13H20N4O2.C2HF3O2/c18-13-8-12(16-4-6-19-7-5-16)10-15-17(13)11-2-1-3-14-9-11;3-2(4,5)1(6)7/h8,10-11,14H,1-7,9H2;(H,6,7). The minimum absolute atomic E-state index is 0.00214. The lowest BCUT2D eigenvalue weighted by atomic mass is 10.1. The van der Waals surface area contributed by atoms with E-state index >= 15 is 0 Å². The van der Waals surface area contributed by atoms with Crippen LogP contribution in [0.2, 0.25) is 0 Å². The van der Waals surface area contributed by atoms with E-state index < -0.39 is 12.1 Å². The summed E-state index contributed by atoms with van der Waals surface area (Å²) in [6, 6.07) is 1.90. The van der Waals surface area contributed by atoms with Gasteiger partial charge in [0.2, 0.25) is 0 Å². The number of carboxylic acids is 1. The Morgan fingerprint density at radius 3 is 2.50 bits per heavy atom. The van der Waals surface area contributed by atoms with Crippen molar-refractivity contribution in [2.24, 2.45) is 0 Å². The van der Waals surface area contributed by atoms with Crippen LogP contribution in [-0.2, 0) is 9.53 Å². The smallest absolute Gasteiger partial charge is 0.475 e. The van der Waals surface area contributed by atoms with Crippen LogP contribution < -0.4 is 15.8 Å². The minimum Gasteiger partial charge on any atom is -0.475 e. The second-order valence-corrected chi connectivity index (χ2v) is 5.90. The van der Waals surface area contributed by atoms with Crippen LogP contribution in [0.4, 0.5) is 18.9 Å². The number of carbonyl (C=O) groups is 1. The highest BCUT2D eigenvalue weighted by molar-refractivity contribution is 5.73. The van der Waals surface area contributed by atoms with E-state index in [0.717, 1.165) is 57.9 Å². The molecule has 0 bridgehead atoms. The van der Waals surface area contributed by atoms with Crippen molar-refractivity contribution in [3.05, 3.63) is 22.6 Å². The zero-order valence-electron chi connectivity index (χ0n) is 14.0. The highest BCUT2D eigenvalue weighted by Gasteiger charge is 2.38. The molecular formula is C15H21F3N4O4. The monoisotopic (exact) mass is 378 g/mol. The third kappa shape index (κ3) is 5.70. The summed E-state index contributed by atoms with van der Waals surface area (Å²) in [6.07, 6.45) is -1.15. The molecule has 2 N–H and O–H groups in total.